The Kier molecular flexibility index (Phi) is 4.09. The standard InChI is InChI=1S/C16H18N2O4/c1-11-4-6-18(7-5-11)15(19)9-21-16(20)12-2-3-13-14(8-12)22-10-17-13/h2-3,8,10-11H,4-7,9H2,1H3. The van der Waals surface area contributed by atoms with E-state index in [0.717, 1.165) is 25.9 Å². The number of hydrogen-bond acceptors (Lipinski definition) is 5. The summed E-state index contributed by atoms with van der Waals surface area (Å²) < 4.78 is 10.2. The van der Waals surface area contributed by atoms with Crippen molar-refractivity contribution in [2.45, 2.75) is 19.8 Å². The number of amides is 1. The predicted octanol–water partition coefficient (Wildman–Crippen LogP) is 2.24. The summed E-state index contributed by atoms with van der Waals surface area (Å²) in [5, 5.41) is 0. The van der Waals surface area contributed by atoms with Gasteiger partial charge < -0.3 is 14.1 Å². The first kappa shape index (κ1) is 14.6. The highest BCUT2D eigenvalue weighted by molar-refractivity contribution is 5.94. The van der Waals surface area contributed by atoms with E-state index < -0.39 is 5.97 Å². The Labute approximate surface area is 128 Å². The molecule has 1 aromatic carbocycles. The van der Waals surface area contributed by atoms with Crippen LogP contribution in [0.2, 0.25) is 0 Å². The topological polar surface area (TPSA) is 72.6 Å². The van der Waals surface area contributed by atoms with E-state index in [9.17, 15) is 9.59 Å². The van der Waals surface area contributed by atoms with E-state index in [1.54, 1.807) is 23.1 Å². The molecule has 1 aliphatic heterocycles. The number of piperidine rings is 1. The van der Waals surface area contributed by atoms with Crippen molar-refractivity contribution in [2.24, 2.45) is 5.92 Å². The number of esters is 1. The van der Waals surface area contributed by atoms with E-state index in [1.807, 2.05) is 0 Å². The van der Waals surface area contributed by atoms with Gasteiger partial charge in [0.05, 0.1) is 5.56 Å². The quantitative estimate of drug-likeness (QED) is 0.813. The molecule has 0 aliphatic carbocycles. The van der Waals surface area contributed by atoms with Gasteiger partial charge in [0, 0.05) is 13.1 Å². The molecule has 1 amide bonds. The molecule has 0 atom stereocenters. The van der Waals surface area contributed by atoms with Crippen LogP contribution in [-0.2, 0) is 9.53 Å². The first-order chi connectivity index (χ1) is 10.6. The molecule has 6 nitrogen and oxygen atoms in total. The third-order valence-electron chi connectivity index (χ3n) is 4.03. The molecule has 0 spiro atoms. The Balaban J connectivity index is 1.56. The average Bonchev–Trinajstić information content (AvgIpc) is 3.00. The van der Waals surface area contributed by atoms with Crippen LogP contribution in [0.3, 0.4) is 0 Å². The van der Waals surface area contributed by atoms with Crippen LogP contribution in [0, 0.1) is 5.92 Å². The number of aromatic nitrogens is 1. The zero-order chi connectivity index (χ0) is 15.5. The van der Waals surface area contributed by atoms with Crippen LogP contribution in [0.15, 0.2) is 29.0 Å². The lowest BCUT2D eigenvalue weighted by molar-refractivity contribution is -0.135. The summed E-state index contributed by atoms with van der Waals surface area (Å²) in [5.74, 6) is -0.0155. The number of ether oxygens (including phenoxy) is 1. The molecule has 3 rings (SSSR count). The highest BCUT2D eigenvalue weighted by atomic mass is 16.5. The van der Waals surface area contributed by atoms with Gasteiger partial charge in [-0.25, -0.2) is 9.78 Å². The lowest BCUT2D eigenvalue weighted by Gasteiger charge is -2.30. The lowest BCUT2D eigenvalue weighted by atomic mass is 9.99. The molecule has 2 heterocycles. The molecule has 1 aromatic heterocycles. The van der Waals surface area contributed by atoms with Crippen molar-refractivity contribution in [3.8, 4) is 0 Å². The summed E-state index contributed by atoms with van der Waals surface area (Å²) in [5.41, 5.74) is 1.55. The number of benzene rings is 1. The second kappa shape index (κ2) is 6.17. The molecular weight excluding hydrogens is 284 g/mol. The molecule has 1 saturated heterocycles. The zero-order valence-corrected chi connectivity index (χ0v) is 12.4. The normalized spacial score (nSPS) is 16.0. The predicted molar refractivity (Wildman–Crippen MR) is 79.3 cm³/mol. The summed E-state index contributed by atoms with van der Waals surface area (Å²) in [7, 11) is 0. The van der Waals surface area contributed by atoms with Crippen LogP contribution < -0.4 is 0 Å². The van der Waals surface area contributed by atoms with Crippen molar-refractivity contribution in [2.75, 3.05) is 19.7 Å². The van der Waals surface area contributed by atoms with Crippen molar-refractivity contribution in [1.29, 1.82) is 0 Å². The second-order valence-corrected chi connectivity index (χ2v) is 5.67. The molecule has 0 unspecified atom stereocenters. The maximum atomic E-state index is 12.0. The van der Waals surface area contributed by atoms with Gasteiger partial charge in [-0.2, -0.15) is 0 Å². The second-order valence-electron chi connectivity index (χ2n) is 5.67. The number of oxazole rings is 1. The van der Waals surface area contributed by atoms with E-state index in [-0.39, 0.29) is 12.5 Å². The van der Waals surface area contributed by atoms with E-state index in [4.69, 9.17) is 9.15 Å². The monoisotopic (exact) mass is 302 g/mol. The minimum atomic E-state index is -0.531. The maximum Gasteiger partial charge on any atom is 0.338 e. The van der Waals surface area contributed by atoms with E-state index in [2.05, 4.69) is 11.9 Å². The number of nitrogens with zero attached hydrogens (tertiary/aromatic N) is 2. The summed E-state index contributed by atoms with van der Waals surface area (Å²) in [4.78, 5) is 29.8. The van der Waals surface area contributed by atoms with Gasteiger partial charge in [-0.1, -0.05) is 6.92 Å². The van der Waals surface area contributed by atoms with Gasteiger partial charge in [0.15, 0.2) is 18.6 Å². The molecule has 0 radical (unpaired) electrons. The van der Waals surface area contributed by atoms with Gasteiger partial charge in [0.2, 0.25) is 0 Å². The third kappa shape index (κ3) is 3.10. The van der Waals surface area contributed by atoms with Gasteiger partial charge in [0.1, 0.15) is 5.52 Å². The molecule has 0 N–H and O–H groups in total. The van der Waals surface area contributed by atoms with Crippen LogP contribution in [0.25, 0.3) is 11.1 Å². The molecule has 116 valence electrons. The highest BCUT2D eigenvalue weighted by Crippen LogP contribution is 2.17. The van der Waals surface area contributed by atoms with Gasteiger partial charge >= 0.3 is 5.97 Å². The van der Waals surface area contributed by atoms with Crippen LogP contribution >= 0.6 is 0 Å². The molecule has 1 fully saturated rings. The van der Waals surface area contributed by atoms with Gasteiger partial charge in [-0.15, -0.1) is 0 Å². The zero-order valence-electron chi connectivity index (χ0n) is 12.4. The minimum absolute atomic E-state index is 0.138. The maximum absolute atomic E-state index is 12.0. The molecule has 22 heavy (non-hydrogen) atoms. The Morgan fingerprint density at radius 1 is 1.36 bits per heavy atom. The van der Waals surface area contributed by atoms with Crippen molar-refractivity contribution < 1.29 is 18.7 Å². The summed E-state index contributed by atoms with van der Waals surface area (Å²) in [6, 6.07) is 4.86. The smallest absolute Gasteiger partial charge is 0.338 e. The van der Waals surface area contributed by atoms with Crippen LogP contribution in [-0.4, -0.2) is 41.5 Å². The summed E-state index contributed by atoms with van der Waals surface area (Å²) >= 11 is 0. The van der Waals surface area contributed by atoms with Crippen molar-refractivity contribution >= 4 is 23.0 Å². The Bertz CT molecular complexity index is 686. The number of carbonyl (C=O) groups excluding carboxylic acids is 2. The minimum Gasteiger partial charge on any atom is -0.452 e. The van der Waals surface area contributed by atoms with Crippen LogP contribution in [0.5, 0.6) is 0 Å². The number of rotatable bonds is 3. The fourth-order valence-electron chi connectivity index (χ4n) is 2.54. The van der Waals surface area contributed by atoms with Crippen molar-refractivity contribution in [3.63, 3.8) is 0 Å². The molecule has 0 saturated carbocycles. The molecule has 6 heteroatoms. The summed E-state index contributed by atoms with van der Waals surface area (Å²) in [6.45, 7) is 3.44. The average molecular weight is 302 g/mol. The van der Waals surface area contributed by atoms with Gasteiger partial charge in [0.25, 0.3) is 5.91 Å². The largest absolute Gasteiger partial charge is 0.452 e. The number of carbonyl (C=O) groups is 2. The van der Waals surface area contributed by atoms with E-state index in [1.165, 1.54) is 6.39 Å². The van der Waals surface area contributed by atoms with Crippen LogP contribution in [0.4, 0.5) is 0 Å². The molecule has 0 bridgehead atoms. The third-order valence-corrected chi connectivity index (χ3v) is 4.03. The molecular formula is C16H18N2O4. The van der Waals surface area contributed by atoms with Crippen LogP contribution in [0.1, 0.15) is 30.1 Å². The Morgan fingerprint density at radius 3 is 2.91 bits per heavy atom. The number of likely N-dealkylation sites (tertiary alicyclic amines) is 1. The van der Waals surface area contributed by atoms with E-state index in [0.29, 0.717) is 22.6 Å². The summed E-state index contributed by atoms with van der Waals surface area (Å²) in [6.07, 6.45) is 3.32. The Morgan fingerprint density at radius 2 is 2.14 bits per heavy atom. The first-order valence-corrected chi connectivity index (χ1v) is 7.41. The molecule has 2 aromatic rings. The Hall–Kier alpha value is -2.37. The van der Waals surface area contributed by atoms with E-state index >= 15 is 0 Å². The number of fused-ring (bicyclic) bond motifs is 1. The highest BCUT2D eigenvalue weighted by Gasteiger charge is 2.21. The SMILES string of the molecule is CC1CCN(C(=O)COC(=O)c2ccc3ncoc3c2)CC1. The molecule has 1 aliphatic rings. The lowest BCUT2D eigenvalue weighted by Crippen LogP contribution is -2.40. The van der Waals surface area contributed by atoms with Gasteiger partial charge in [-0.05, 0) is 37.0 Å². The number of hydrogen-bond donors (Lipinski definition) is 0. The fourth-order valence-corrected chi connectivity index (χ4v) is 2.54. The van der Waals surface area contributed by atoms with Gasteiger partial charge in [-0.3, -0.25) is 4.79 Å². The first-order valence-electron chi connectivity index (χ1n) is 7.41. The van der Waals surface area contributed by atoms with Crippen molar-refractivity contribution in [1.82, 2.24) is 9.88 Å². The van der Waals surface area contributed by atoms with Crippen molar-refractivity contribution in [3.05, 3.63) is 30.2 Å². The fraction of sp³-hybridized carbons (Fsp3) is 0.438.